The van der Waals surface area contributed by atoms with Gasteiger partial charge < -0.3 is 5.73 Å². The number of hydrogen-bond donors (Lipinski definition) is 1. The average molecular weight is 360 g/mol. The van der Waals surface area contributed by atoms with E-state index in [-0.39, 0.29) is 3.57 Å². The topological polar surface area (TPSA) is 86.2 Å². The van der Waals surface area contributed by atoms with E-state index in [1.54, 1.807) is 0 Å². The van der Waals surface area contributed by atoms with E-state index < -0.39 is 33.8 Å². The molecule has 92 valence electrons. The Morgan fingerprint density at radius 1 is 1.41 bits per heavy atom. The summed E-state index contributed by atoms with van der Waals surface area (Å²) in [7, 11) is 0. The van der Waals surface area contributed by atoms with Crippen LogP contribution in [0, 0.1) is 13.7 Å². The standard InChI is InChI=1S/C8H4F3IN2O3/c9-8(10,11)3-1-4(7(13)15)6(14(16)17)5(12)2-3/h1-2H,(H2,13,15). The summed E-state index contributed by atoms with van der Waals surface area (Å²) >= 11 is 1.35. The van der Waals surface area contributed by atoms with Crippen LogP contribution in [0.3, 0.4) is 0 Å². The van der Waals surface area contributed by atoms with Gasteiger partial charge in [0.25, 0.3) is 11.6 Å². The highest BCUT2D eigenvalue weighted by molar-refractivity contribution is 14.1. The van der Waals surface area contributed by atoms with E-state index >= 15 is 0 Å². The monoisotopic (exact) mass is 360 g/mol. The Bertz CT molecular complexity index is 502. The Morgan fingerprint density at radius 2 is 1.94 bits per heavy atom. The van der Waals surface area contributed by atoms with Crippen LogP contribution >= 0.6 is 22.6 Å². The summed E-state index contributed by atoms with van der Waals surface area (Å²) in [5.41, 5.74) is 2.20. The second-order valence-electron chi connectivity index (χ2n) is 2.97. The number of nitro benzene ring substituents is 1. The van der Waals surface area contributed by atoms with Gasteiger partial charge in [0, 0.05) is 0 Å². The van der Waals surface area contributed by atoms with Crippen molar-refractivity contribution < 1.29 is 22.9 Å². The fraction of sp³-hybridized carbons (Fsp3) is 0.125. The molecule has 0 saturated carbocycles. The van der Waals surface area contributed by atoms with Gasteiger partial charge in [-0.15, -0.1) is 0 Å². The van der Waals surface area contributed by atoms with Gasteiger partial charge in [-0.05, 0) is 34.7 Å². The number of amides is 1. The Morgan fingerprint density at radius 3 is 2.29 bits per heavy atom. The summed E-state index contributed by atoms with van der Waals surface area (Å²) < 4.78 is 37.0. The average Bonchev–Trinajstić information content (AvgIpc) is 2.13. The van der Waals surface area contributed by atoms with Crippen LogP contribution in [0.15, 0.2) is 12.1 Å². The summed E-state index contributed by atoms with van der Waals surface area (Å²) in [6, 6.07) is 0.966. The molecule has 2 N–H and O–H groups in total. The molecule has 1 aromatic rings. The highest BCUT2D eigenvalue weighted by atomic mass is 127. The molecule has 0 fully saturated rings. The van der Waals surface area contributed by atoms with E-state index in [2.05, 4.69) is 0 Å². The highest BCUT2D eigenvalue weighted by Crippen LogP contribution is 2.35. The first kappa shape index (κ1) is 13.7. The van der Waals surface area contributed by atoms with Crippen LogP contribution in [0.1, 0.15) is 15.9 Å². The van der Waals surface area contributed by atoms with Gasteiger partial charge in [-0.2, -0.15) is 13.2 Å². The summed E-state index contributed by atoms with van der Waals surface area (Å²) in [5.74, 6) is -1.28. The van der Waals surface area contributed by atoms with Crippen molar-refractivity contribution in [3.8, 4) is 0 Å². The number of nitrogens with two attached hydrogens (primary N) is 1. The molecule has 0 aliphatic heterocycles. The molecule has 17 heavy (non-hydrogen) atoms. The molecule has 5 nitrogen and oxygen atoms in total. The quantitative estimate of drug-likeness (QED) is 0.499. The molecule has 1 rings (SSSR count). The van der Waals surface area contributed by atoms with Crippen molar-refractivity contribution in [1.29, 1.82) is 0 Å². The van der Waals surface area contributed by atoms with Crippen molar-refractivity contribution in [2.24, 2.45) is 5.73 Å². The van der Waals surface area contributed by atoms with Crippen LogP contribution in [-0.2, 0) is 6.18 Å². The van der Waals surface area contributed by atoms with Crippen molar-refractivity contribution in [1.82, 2.24) is 0 Å². The Hall–Kier alpha value is -1.39. The predicted molar refractivity (Wildman–Crippen MR) is 59.3 cm³/mol. The first-order chi connectivity index (χ1) is 7.64. The maximum Gasteiger partial charge on any atom is 0.416 e. The number of carbonyl (C=O) groups is 1. The third kappa shape index (κ3) is 2.84. The van der Waals surface area contributed by atoms with Crippen molar-refractivity contribution in [3.05, 3.63) is 36.9 Å². The molecular weight excluding hydrogens is 356 g/mol. The lowest BCUT2D eigenvalue weighted by molar-refractivity contribution is -0.386. The zero-order valence-electron chi connectivity index (χ0n) is 7.92. The SMILES string of the molecule is NC(=O)c1cc(C(F)(F)F)cc(I)c1[N+](=O)[O-]. The van der Waals surface area contributed by atoms with E-state index in [9.17, 15) is 28.1 Å². The largest absolute Gasteiger partial charge is 0.416 e. The zero-order chi connectivity index (χ0) is 13.4. The molecule has 1 amide bonds. The van der Waals surface area contributed by atoms with Crippen molar-refractivity contribution in [3.63, 3.8) is 0 Å². The van der Waals surface area contributed by atoms with Gasteiger partial charge in [-0.1, -0.05) is 0 Å². The van der Waals surface area contributed by atoms with E-state index in [0.29, 0.717) is 12.1 Å². The highest BCUT2D eigenvalue weighted by Gasteiger charge is 2.35. The molecule has 0 saturated heterocycles. The second kappa shape index (κ2) is 4.47. The first-order valence-electron chi connectivity index (χ1n) is 3.99. The molecular formula is C8H4F3IN2O3. The van der Waals surface area contributed by atoms with Crippen LogP contribution in [-0.4, -0.2) is 10.8 Å². The normalized spacial score (nSPS) is 11.3. The summed E-state index contributed by atoms with van der Waals surface area (Å²) in [6.45, 7) is 0. The van der Waals surface area contributed by atoms with Crippen LogP contribution in [0.25, 0.3) is 0 Å². The lowest BCUT2D eigenvalue weighted by atomic mass is 10.1. The van der Waals surface area contributed by atoms with E-state index in [1.165, 1.54) is 22.6 Å². The Balaban J connectivity index is 3.58. The third-order valence-corrected chi connectivity index (χ3v) is 2.66. The van der Waals surface area contributed by atoms with Gasteiger partial charge in [-0.25, -0.2) is 0 Å². The first-order valence-corrected chi connectivity index (χ1v) is 5.07. The fourth-order valence-electron chi connectivity index (χ4n) is 1.14. The molecule has 1 aromatic carbocycles. The number of rotatable bonds is 2. The maximum atomic E-state index is 12.4. The van der Waals surface area contributed by atoms with Crippen LogP contribution in [0.4, 0.5) is 18.9 Å². The molecule has 0 spiro atoms. The number of primary amides is 1. The molecule has 0 aromatic heterocycles. The van der Waals surface area contributed by atoms with Crippen LogP contribution in [0.2, 0.25) is 0 Å². The molecule has 0 unspecified atom stereocenters. The number of halogens is 4. The zero-order valence-corrected chi connectivity index (χ0v) is 10.1. The minimum Gasteiger partial charge on any atom is -0.365 e. The molecule has 0 aliphatic carbocycles. The van der Waals surface area contributed by atoms with Gasteiger partial charge in [-0.3, -0.25) is 14.9 Å². The molecule has 0 atom stereocenters. The van der Waals surface area contributed by atoms with Gasteiger partial charge in [0.1, 0.15) is 5.56 Å². The number of nitrogens with zero attached hydrogens (tertiary/aromatic N) is 1. The van der Waals surface area contributed by atoms with Crippen molar-refractivity contribution in [2.45, 2.75) is 6.18 Å². The minimum absolute atomic E-state index is 0.295. The molecule has 0 aliphatic rings. The number of alkyl halides is 3. The van der Waals surface area contributed by atoms with E-state index in [4.69, 9.17) is 5.73 Å². The summed E-state index contributed by atoms with van der Waals surface area (Å²) in [5, 5.41) is 10.6. The number of benzene rings is 1. The van der Waals surface area contributed by atoms with Gasteiger partial charge in [0.05, 0.1) is 14.1 Å². The minimum atomic E-state index is -4.70. The van der Waals surface area contributed by atoms with E-state index in [1.807, 2.05) is 0 Å². The van der Waals surface area contributed by atoms with Crippen LogP contribution < -0.4 is 5.73 Å². The van der Waals surface area contributed by atoms with Crippen molar-refractivity contribution >= 4 is 34.2 Å². The summed E-state index contributed by atoms with van der Waals surface area (Å²) in [4.78, 5) is 20.6. The molecule has 9 heteroatoms. The van der Waals surface area contributed by atoms with Crippen molar-refractivity contribution in [2.75, 3.05) is 0 Å². The van der Waals surface area contributed by atoms with Gasteiger partial charge in [0.2, 0.25) is 0 Å². The second-order valence-corrected chi connectivity index (χ2v) is 4.14. The molecule has 0 heterocycles. The number of nitro groups is 1. The number of hydrogen-bond acceptors (Lipinski definition) is 3. The van der Waals surface area contributed by atoms with Crippen LogP contribution in [0.5, 0.6) is 0 Å². The maximum absolute atomic E-state index is 12.4. The third-order valence-electron chi connectivity index (χ3n) is 1.84. The molecule has 0 radical (unpaired) electrons. The van der Waals surface area contributed by atoms with Gasteiger partial charge >= 0.3 is 6.18 Å². The molecule has 0 bridgehead atoms. The predicted octanol–water partition coefficient (Wildman–Crippen LogP) is 2.32. The number of carbonyl (C=O) groups excluding carboxylic acids is 1. The van der Waals surface area contributed by atoms with E-state index in [0.717, 1.165) is 0 Å². The Labute approximate surface area is 106 Å². The van der Waals surface area contributed by atoms with Gasteiger partial charge in [0.15, 0.2) is 0 Å². The summed E-state index contributed by atoms with van der Waals surface area (Å²) in [6.07, 6.45) is -4.70. The lowest BCUT2D eigenvalue weighted by Crippen LogP contribution is -2.17. The Kier molecular flexibility index (Phi) is 3.59. The smallest absolute Gasteiger partial charge is 0.365 e. The fourth-order valence-corrected chi connectivity index (χ4v) is 1.96. The lowest BCUT2D eigenvalue weighted by Gasteiger charge is -2.09.